The summed E-state index contributed by atoms with van der Waals surface area (Å²) in [6, 6.07) is 4.73. The molecule has 0 saturated heterocycles. The van der Waals surface area contributed by atoms with Crippen LogP contribution in [0.1, 0.15) is 0 Å². The first-order valence-corrected chi connectivity index (χ1v) is 8.31. The Hall–Kier alpha value is -0.670. The molecule has 0 unspecified atom stereocenters. The summed E-state index contributed by atoms with van der Waals surface area (Å²) in [6.45, 7) is 2.13. The summed E-state index contributed by atoms with van der Waals surface area (Å²) in [7, 11) is -0.388. The number of nitrogens with one attached hydrogen (secondary N) is 2. The molecule has 0 heterocycles. The van der Waals surface area contributed by atoms with Gasteiger partial charge in [-0.05, 0) is 34.1 Å². The quantitative estimate of drug-likeness (QED) is 0.637. The van der Waals surface area contributed by atoms with Crippen LogP contribution in [0, 0.1) is 0 Å². The van der Waals surface area contributed by atoms with Crippen molar-refractivity contribution < 1.29 is 17.9 Å². The fourth-order valence-corrected chi connectivity index (χ4v) is 3.56. The predicted molar refractivity (Wildman–Crippen MR) is 80.6 cm³/mol. The molecule has 0 aliphatic heterocycles. The van der Waals surface area contributed by atoms with Crippen LogP contribution in [0.4, 0.5) is 0 Å². The Labute approximate surface area is 128 Å². The van der Waals surface area contributed by atoms with Gasteiger partial charge in [0, 0.05) is 31.2 Å². The molecule has 0 spiro atoms. The number of rotatable bonds is 9. The van der Waals surface area contributed by atoms with Crippen molar-refractivity contribution in [2.45, 2.75) is 4.90 Å². The number of halogens is 1. The number of benzene rings is 1. The van der Waals surface area contributed by atoms with Crippen LogP contribution >= 0.6 is 15.9 Å². The Morgan fingerprint density at radius 3 is 2.55 bits per heavy atom. The molecule has 8 heteroatoms. The van der Waals surface area contributed by atoms with Crippen molar-refractivity contribution in [3.63, 3.8) is 0 Å². The van der Waals surface area contributed by atoms with Crippen LogP contribution in [0.25, 0.3) is 0 Å². The van der Waals surface area contributed by atoms with E-state index in [0.29, 0.717) is 36.5 Å². The van der Waals surface area contributed by atoms with E-state index in [4.69, 9.17) is 9.47 Å². The SMILES string of the molecule is COCCNCCNS(=O)(=O)c1ccc(OC)cc1Br. The zero-order chi connectivity index (χ0) is 15.0. The Kier molecular flexibility index (Phi) is 7.46. The Bertz CT molecular complexity index is 522. The molecule has 1 aromatic carbocycles. The van der Waals surface area contributed by atoms with Crippen molar-refractivity contribution in [2.75, 3.05) is 40.5 Å². The molecule has 0 radical (unpaired) electrons. The number of ether oxygens (including phenoxy) is 2. The summed E-state index contributed by atoms with van der Waals surface area (Å²) >= 11 is 3.24. The summed E-state index contributed by atoms with van der Waals surface area (Å²) in [5, 5.41) is 3.06. The van der Waals surface area contributed by atoms with Gasteiger partial charge < -0.3 is 14.8 Å². The van der Waals surface area contributed by atoms with E-state index in [1.54, 1.807) is 19.2 Å². The van der Waals surface area contributed by atoms with Gasteiger partial charge in [0.1, 0.15) is 5.75 Å². The fraction of sp³-hybridized carbons (Fsp3) is 0.500. The van der Waals surface area contributed by atoms with E-state index in [-0.39, 0.29) is 4.90 Å². The molecule has 0 aliphatic carbocycles. The second-order valence-electron chi connectivity index (χ2n) is 3.94. The minimum Gasteiger partial charge on any atom is -0.497 e. The summed E-state index contributed by atoms with van der Waals surface area (Å²) in [5.74, 6) is 0.594. The van der Waals surface area contributed by atoms with E-state index in [0.717, 1.165) is 0 Å². The van der Waals surface area contributed by atoms with Gasteiger partial charge in [0.05, 0.1) is 18.6 Å². The highest BCUT2D eigenvalue weighted by molar-refractivity contribution is 9.10. The molecule has 1 rings (SSSR count). The lowest BCUT2D eigenvalue weighted by Gasteiger charge is -2.10. The Morgan fingerprint density at radius 1 is 1.20 bits per heavy atom. The van der Waals surface area contributed by atoms with Gasteiger partial charge in [-0.25, -0.2) is 13.1 Å². The maximum atomic E-state index is 12.1. The van der Waals surface area contributed by atoms with Crippen LogP contribution < -0.4 is 14.8 Å². The zero-order valence-electron chi connectivity index (χ0n) is 11.5. The number of methoxy groups -OCH3 is 2. The molecule has 0 fully saturated rings. The molecule has 0 aromatic heterocycles. The highest BCUT2D eigenvalue weighted by Gasteiger charge is 2.17. The van der Waals surface area contributed by atoms with Crippen molar-refractivity contribution >= 4 is 26.0 Å². The van der Waals surface area contributed by atoms with Gasteiger partial charge in [0.15, 0.2) is 0 Å². The Morgan fingerprint density at radius 2 is 1.95 bits per heavy atom. The van der Waals surface area contributed by atoms with Crippen LogP contribution in [-0.4, -0.2) is 48.9 Å². The van der Waals surface area contributed by atoms with Gasteiger partial charge in [0.25, 0.3) is 0 Å². The molecular formula is C12H19BrN2O4S. The summed E-state index contributed by atoms with van der Waals surface area (Å²) in [5.41, 5.74) is 0. The van der Waals surface area contributed by atoms with Crippen LogP contribution in [0.5, 0.6) is 5.75 Å². The summed E-state index contributed by atoms with van der Waals surface area (Å²) in [4.78, 5) is 0.190. The Balaban J connectivity index is 2.56. The second-order valence-corrected chi connectivity index (χ2v) is 6.53. The second kappa shape index (κ2) is 8.58. The largest absolute Gasteiger partial charge is 0.497 e. The van der Waals surface area contributed by atoms with E-state index in [1.807, 2.05) is 0 Å². The van der Waals surface area contributed by atoms with Crippen LogP contribution in [0.15, 0.2) is 27.6 Å². The van der Waals surface area contributed by atoms with Gasteiger partial charge in [-0.1, -0.05) is 0 Å². The van der Waals surface area contributed by atoms with E-state index in [1.165, 1.54) is 13.2 Å². The van der Waals surface area contributed by atoms with Crippen molar-refractivity contribution in [1.82, 2.24) is 10.0 Å². The first-order valence-electron chi connectivity index (χ1n) is 6.04. The van der Waals surface area contributed by atoms with E-state index in [9.17, 15) is 8.42 Å². The molecule has 2 N–H and O–H groups in total. The molecule has 0 amide bonds. The minimum absolute atomic E-state index is 0.190. The van der Waals surface area contributed by atoms with E-state index >= 15 is 0 Å². The average molecular weight is 367 g/mol. The molecule has 0 bridgehead atoms. The van der Waals surface area contributed by atoms with Crippen molar-refractivity contribution in [3.05, 3.63) is 22.7 Å². The van der Waals surface area contributed by atoms with Crippen LogP contribution in [-0.2, 0) is 14.8 Å². The monoisotopic (exact) mass is 366 g/mol. The number of hydrogen-bond donors (Lipinski definition) is 2. The van der Waals surface area contributed by atoms with Gasteiger partial charge in [-0.3, -0.25) is 0 Å². The van der Waals surface area contributed by atoms with Crippen molar-refractivity contribution in [3.8, 4) is 5.75 Å². The lowest BCUT2D eigenvalue weighted by atomic mass is 10.3. The first kappa shape index (κ1) is 17.4. The first-order chi connectivity index (χ1) is 9.51. The molecule has 0 saturated carbocycles. The van der Waals surface area contributed by atoms with Gasteiger partial charge in [-0.2, -0.15) is 0 Å². The summed E-state index contributed by atoms with van der Waals surface area (Å²) < 4.78 is 37.1. The minimum atomic E-state index is -3.53. The third-order valence-electron chi connectivity index (χ3n) is 2.51. The number of sulfonamides is 1. The summed E-state index contributed by atoms with van der Waals surface area (Å²) in [6.07, 6.45) is 0. The molecule has 0 atom stereocenters. The highest BCUT2D eigenvalue weighted by atomic mass is 79.9. The van der Waals surface area contributed by atoms with E-state index in [2.05, 4.69) is 26.0 Å². The molecule has 6 nitrogen and oxygen atoms in total. The lowest BCUT2D eigenvalue weighted by Crippen LogP contribution is -2.33. The molecular weight excluding hydrogens is 348 g/mol. The standard InChI is InChI=1S/C12H19BrN2O4S/c1-18-8-7-14-5-6-15-20(16,17)12-4-3-10(19-2)9-11(12)13/h3-4,9,14-15H,5-8H2,1-2H3. The van der Waals surface area contributed by atoms with Crippen LogP contribution in [0.3, 0.4) is 0 Å². The molecule has 0 aliphatic rings. The van der Waals surface area contributed by atoms with E-state index < -0.39 is 10.0 Å². The molecule has 20 heavy (non-hydrogen) atoms. The van der Waals surface area contributed by atoms with Crippen LogP contribution in [0.2, 0.25) is 0 Å². The van der Waals surface area contributed by atoms with Crippen molar-refractivity contribution in [1.29, 1.82) is 0 Å². The third kappa shape index (κ3) is 5.37. The topological polar surface area (TPSA) is 76.7 Å². The maximum Gasteiger partial charge on any atom is 0.241 e. The molecule has 114 valence electrons. The average Bonchev–Trinajstić information content (AvgIpc) is 2.42. The normalized spacial score (nSPS) is 11.6. The van der Waals surface area contributed by atoms with Crippen molar-refractivity contribution in [2.24, 2.45) is 0 Å². The molecule has 1 aromatic rings. The third-order valence-corrected chi connectivity index (χ3v) is 4.94. The number of hydrogen-bond acceptors (Lipinski definition) is 5. The van der Waals surface area contributed by atoms with Gasteiger partial charge in [0.2, 0.25) is 10.0 Å². The maximum absolute atomic E-state index is 12.1. The fourth-order valence-electron chi connectivity index (χ4n) is 1.48. The predicted octanol–water partition coefficient (Wildman–Crippen LogP) is 0.972. The smallest absolute Gasteiger partial charge is 0.241 e. The highest BCUT2D eigenvalue weighted by Crippen LogP contribution is 2.26. The van der Waals surface area contributed by atoms with Gasteiger partial charge in [-0.15, -0.1) is 0 Å². The van der Waals surface area contributed by atoms with Gasteiger partial charge >= 0.3 is 0 Å². The zero-order valence-corrected chi connectivity index (χ0v) is 13.9. The lowest BCUT2D eigenvalue weighted by molar-refractivity contribution is 0.199.